The van der Waals surface area contributed by atoms with Crippen molar-refractivity contribution in [2.45, 2.75) is 19.9 Å². The smallest absolute Gasteiger partial charge is 0.122 e. The maximum Gasteiger partial charge on any atom is 0.122 e. The predicted molar refractivity (Wildman–Crippen MR) is 78.2 cm³/mol. The van der Waals surface area contributed by atoms with Crippen molar-refractivity contribution in [2.24, 2.45) is 5.73 Å². The van der Waals surface area contributed by atoms with Gasteiger partial charge in [0.25, 0.3) is 0 Å². The van der Waals surface area contributed by atoms with Crippen molar-refractivity contribution < 1.29 is 9.47 Å². The van der Waals surface area contributed by atoms with Crippen LogP contribution in [-0.2, 0) is 13.0 Å². The van der Waals surface area contributed by atoms with Gasteiger partial charge in [-0.15, -0.1) is 0 Å². The van der Waals surface area contributed by atoms with Crippen LogP contribution in [0.2, 0.25) is 0 Å². The van der Waals surface area contributed by atoms with E-state index < -0.39 is 0 Å². The summed E-state index contributed by atoms with van der Waals surface area (Å²) in [5, 5.41) is 0. The second kappa shape index (κ2) is 6.96. The van der Waals surface area contributed by atoms with E-state index in [-0.39, 0.29) is 0 Å². The molecule has 0 aliphatic rings. The van der Waals surface area contributed by atoms with Crippen LogP contribution in [-0.4, -0.2) is 29.8 Å². The lowest BCUT2D eigenvalue weighted by molar-refractivity contribution is 0.293. The second-order valence-electron chi connectivity index (χ2n) is 4.53. The zero-order valence-corrected chi connectivity index (χ0v) is 12.0. The van der Waals surface area contributed by atoms with Gasteiger partial charge in [-0.05, 0) is 43.7 Å². The number of benzene rings is 1. The minimum Gasteiger partial charge on any atom is -0.497 e. The molecule has 108 valence electrons. The summed E-state index contributed by atoms with van der Waals surface area (Å²) in [5.74, 6) is 2.69. The standard InChI is InChI=1S/C15H21N3O2/c1-12-17-7-8-18(12)9-10-20-15-4-3-14(19-2)11-13(15)5-6-16/h3-4,7-8,11H,5-6,9-10,16H2,1-2H3. The molecule has 0 saturated heterocycles. The molecule has 20 heavy (non-hydrogen) atoms. The first-order chi connectivity index (χ1) is 9.74. The molecular weight excluding hydrogens is 254 g/mol. The number of aryl methyl sites for hydroxylation is 1. The molecule has 0 bridgehead atoms. The average Bonchev–Trinajstić information content (AvgIpc) is 2.86. The molecule has 1 aromatic heterocycles. The number of nitrogens with two attached hydrogens (primary N) is 1. The third-order valence-electron chi connectivity index (χ3n) is 3.19. The predicted octanol–water partition coefficient (Wildman–Crippen LogP) is 1.78. The number of hydrogen-bond acceptors (Lipinski definition) is 4. The van der Waals surface area contributed by atoms with E-state index in [2.05, 4.69) is 9.55 Å². The molecule has 5 heteroatoms. The van der Waals surface area contributed by atoms with Crippen LogP contribution in [0.3, 0.4) is 0 Å². The highest BCUT2D eigenvalue weighted by atomic mass is 16.5. The molecule has 5 nitrogen and oxygen atoms in total. The lowest BCUT2D eigenvalue weighted by Gasteiger charge is -2.13. The summed E-state index contributed by atoms with van der Waals surface area (Å²) < 4.78 is 13.1. The van der Waals surface area contributed by atoms with Crippen LogP contribution in [0.25, 0.3) is 0 Å². The maximum atomic E-state index is 5.86. The van der Waals surface area contributed by atoms with Crippen molar-refractivity contribution in [3.63, 3.8) is 0 Å². The van der Waals surface area contributed by atoms with E-state index in [9.17, 15) is 0 Å². The molecule has 1 heterocycles. The van der Waals surface area contributed by atoms with Crippen LogP contribution < -0.4 is 15.2 Å². The van der Waals surface area contributed by atoms with Gasteiger partial charge < -0.3 is 19.8 Å². The Kier molecular flexibility index (Phi) is 5.01. The van der Waals surface area contributed by atoms with Gasteiger partial charge in [-0.3, -0.25) is 0 Å². The third-order valence-corrected chi connectivity index (χ3v) is 3.19. The average molecular weight is 275 g/mol. The first-order valence-electron chi connectivity index (χ1n) is 6.72. The van der Waals surface area contributed by atoms with Crippen LogP contribution in [0.1, 0.15) is 11.4 Å². The fourth-order valence-corrected chi connectivity index (χ4v) is 2.07. The first-order valence-corrected chi connectivity index (χ1v) is 6.72. The molecule has 0 aliphatic carbocycles. The van der Waals surface area contributed by atoms with Crippen molar-refractivity contribution >= 4 is 0 Å². The van der Waals surface area contributed by atoms with Crippen molar-refractivity contribution in [1.29, 1.82) is 0 Å². The number of methoxy groups -OCH3 is 1. The molecule has 1 aromatic carbocycles. The monoisotopic (exact) mass is 275 g/mol. The highest BCUT2D eigenvalue weighted by molar-refractivity contribution is 5.40. The summed E-state index contributed by atoms with van der Waals surface area (Å²) in [6.45, 7) is 3.94. The Morgan fingerprint density at radius 2 is 2.20 bits per heavy atom. The summed E-state index contributed by atoms with van der Waals surface area (Å²) in [7, 11) is 1.66. The van der Waals surface area contributed by atoms with Gasteiger partial charge in [0.05, 0.1) is 13.7 Å². The SMILES string of the molecule is COc1ccc(OCCn2ccnc2C)c(CCN)c1. The third kappa shape index (κ3) is 3.51. The first kappa shape index (κ1) is 14.4. The minimum absolute atomic E-state index is 0.587. The zero-order chi connectivity index (χ0) is 14.4. The molecule has 2 N–H and O–H groups in total. The summed E-state index contributed by atoms with van der Waals surface area (Å²) in [6.07, 6.45) is 4.52. The summed E-state index contributed by atoms with van der Waals surface area (Å²) in [6, 6.07) is 5.81. The van der Waals surface area contributed by atoms with E-state index in [0.29, 0.717) is 13.2 Å². The van der Waals surface area contributed by atoms with Crippen LogP contribution in [0.4, 0.5) is 0 Å². The van der Waals surface area contributed by atoms with E-state index in [1.54, 1.807) is 13.3 Å². The highest BCUT2D eigenvalue weighted by Gasteiger charge is 2.06. The second-order valence-corrected chi connectivity index (χ2v) is 4.53. The Morgan fingerprint density at radius 3 is 2.85 bits per heavy atom. The summed E-state index contributed by atoms with van der Waals surface area (Å²) in [5.41, 5.74) is 6.72. The molecule has 2 rings (SSSR count). The van der Waals surface area contributed by atoms with Crippen LogP contribution in [0.15, 0.2) is 30.6 Å². The Hall–Kier alpha value is -2.01. The van der Waals surface area contributed by atoms with Crippen molar-refractivity contribution in [3.8, 4) is 11.5 Å². The van der Waals surface area contributed by atoms with Crippen LogP contribution >= 0.6 is 0 Å². The number of rotatable bonds is 7. The topological polar surface area (TPSA) is 62.3 Å². The minimum atomic E-state index is 0.587. The van der Waals surface area contributed by atoms with E-state index in [0.717, 1.165) is 35.9 Å². The number of ether oxygens (including phenoxy) is 2. The van der Waals surface area contributed by atoms with Gasteiger partial charge in [0.15, 0.2) is 0 Å². The molecule has 0 spiro atoms. The molecule has 0 amide bonds. The van der Waals surface area contributed by atoms with Crippen molar-refractivity contribution in [2.75, 3.05) is 20.3 Å². The maximum absolute atomic E-state index is 5.86. The van der Waals surface area contributed by atoms with E-state index in [1.807, 2.05) is 31.3 Å². The quantitative estimate of drug-likeness (QED) is 0.836. The molecule has 0 saturated carbocycles. The van der Waals surface area contributed by atoms with Crippen LogP contribution in [0, 0.1) is 6.92 Å². The Morgan fingerprint density at radius 1 is 1.35 bits per heavy atom. The normalized spacial score (nSPS) is 10.6. The molecular formula is C15H21N3O2. The number of imidazole rings is 1. The highest BCUT2D eigenvalue weighted by Crippen LogP contribution is 2.24. The van der Waals surface area contributed by atoms with Crippen molar-refractivity contribution in [1.82, 2.24) is 9.55 Å². The van der Waals surface area contributed by atoms with Gasteiger partial charge >= 0.3 is 0 Å². The van der Waals surface area contributed by atoms with Gasteiger partial charge in [0, 0.05) is 12.4 Å². The summed E-state index contributed by atoms with van der Waals surface area (Å²) >= 11 is 0. The Balaban J connectivity index is 1.99. The van der Waals surface area contributed by atoms with Gasteiger partial charge in [-0.25, -0.2) is 4.98 Å². The van der Waals surface area contributed by atoms with Crippen molar-refractivity contribution in [3.05, 3.63) is 42.0 Å². The molecule has 0 radical (unpaired) electrons. The lowest BCUT2D eigenvalue weighted by Crippen LogP contribution is -2.11. The molecule has 0 atom stereocenters. The van der Waals surface area contributed by atoms with E-state index in [4.69, 9.17) is 15.2 Å². The fourth-order valence-electron chi connectivity index (χ4n) is 2.07. The molecule has 0 fully saturated rings. The Bertz CT molecular complexity index is 552. The molecule has 0 aliphatic heterocycles. The number of aromatic nitrogens is 2. The zero-order valence-electron chi connectivity index (χ0n) is 12.0. The Labute approximate surface area is 119 Å². The largest absolute Gasteiger partial charge is 0.497 e. The van der Waals surface area contributed by atoms with Gasteiger partial charge in [-0.2, -0.15) is 0 Å². The van der Waals surface area contributed by atoms with E-state index >= 15 is 0 Å². The number of hydrogen-bond donors (Lipinski definition) is 1. The van der Waals surface area contributed by atoms with E-state index in [1.165, 1.54) is 0 Å². The summed E-state index contributed by atoms with van der Waals surface area (Å²) in [4.78, 5) is 4.19. The molecule has 0 unspecified atom stereocenters. The fraction of sp³-hybridized carbons (Fsp3) is 0.400. The van der Waals surface area contributed by atoms with Gasteiger partial charge in [0.2, 0.25) is 0 Å². The molecule has 2 aromatic rings. The van der Waals surface area contributed by atoms with Crippen LogP contribution in [0.5, 0.6) is 11.5 Å². The van der Waals surface area contributed by atoms with Gasteiger partial charge in [-0.1, -0.05) is 0 Å². The van der Waals surface area contributed by atoms with Gasteiger partial charge in [0.1, 0.15) is 23.9 Å². The number of nitrogens with zero attached hydrogens (tertiary/aromatic N) is 2. The lowest BCUT2D eigenvalue weighted by atomic mass is 10.1.